The van der Waals surface area contributed by atoms with Crippen LogP contribution in [0.5, 0.6) is 0 Å². The van der Waals surface area contributed by atoms with E-state index in [0.717, 1.165) is 0 Å². The maximum Gasteiger partial charge on any atom is 0.446 e. The molecule has 0 bridgehead atoms. The van der Waals surface area contributed by atoms with Gasteiger partial charge < -0.3 is 54.3 Å². The Kier molecular flexibility index (Phi) is 12.8. The predicted octanol–water partition coefficient (Wildman–Crippen LogP) is -3.30. The van der Waals surface area contributed by atoms with Crippen LogP contribution in [0.1, 0.15) is 0 Å². The van der Waals surface area contributed by atoms with Gasteiger partial charge in [-0.15, -0.1) is 0 Å². The molecule has 204 valence electrons. The minimum Gasteiger partial charge on any atom is -0.421 e. The number of hydrogen-bond donors (Lipinski definition) is 6. The van der Waals surface area contributed by atoms with Crippen molar-refractivity contribution < 1.29 is 78.3 Å². The third-order valence-corrected chi connectivity index (χ3v) is 3.76. The molecule has 0 saturated heterocycles. The van der Waals surface area contributed by atoms with Crippen molar-refractivity contribution in [3.8, 4) is 0 Å². The lowest BCUT2D eigenvalue weighted by atomic mass is 10.1. The van der Waals surface area contributed by atoms with Crippen LogP contribution < -0.4 is 0 Å². The van der Waals surface area contributed by atoms with Gasteiger partial charge in [-0.1, -0.05) is 26.3 Å². The highest BCUT2D eigenvalue weighted by Gasteiger charge is 2.61. The molecule has 0 heterocycles. The monoisotopic (exact) mass is 532 g/mol. The van der Waals surface area contributed by atoms with E-state index in [2.05, 4.69) is 50.0 Å². The number of aliphatic hydroxyl groups is 6. The van der Waals surface area contributed by atoms with E-state index in [-0.39, 0.29) is 0 Å². The molecule has 0 radical (unpaired) electrons. The van der Waals surface area contributed by atoms with Gasteiger partial charge in [-0.3, -0.25) is 0 Å². The van der Waals surface area contributed by atoms with Crippen molar-refractivity contribution in [2.75, 3.05) is 13.2 Å². The summed E-state index contributed by atoms with van der Waals surface area (Å²) in [7, 11) is 0. The molecule has 0 aromatic carbocycles. The second kappa shape index (κ2) is 14.4. The molecule has 0 spiro atoms. The van der Waals surface area contributed by atoms with E-state index >= 15 is 0 Å². The standard InChI is InChI=1S/C21H24O16/c1-5-12(25)33-17(16(29)11(24)9-22)18(34-13(26)6-2)19(30)37-21(32,36-15(28)8-4)20(31,10-23)35-14(27)7-3/h5-8,11,16,22-24,29,31-32H,1-4,9-10H2/b18-17+. The summed E-state index contributed by atoms with van der Waals surface area (Å²) in [5, 5.41) is 59.7. The largest absolute Gasteiger partial charge is 0.446 e. The molecule has 0 saturated carbocycles. The fourth-order valence-corrected chi connectivity index (χ4v) is 1.94. The lowest BCUT2D eigenvalue weighted by Crippen LogP contribution is -2.63. The smallest absolute Gasteiger partial charge is 0.421 e. The number of carbonyl (C=O) groups is 5. The maximum absolute atomic E-state index is 12.9. The number of esters is 5. The summed E-state index contributed by atoms with van der Waals surface area (Å²) in [5.74, 6) is -19.4. The van der Waals surface area contributed by atoms with Crippen molar-refractivity contribution in [2.45, 2.75) is 24.0 Å². The van der Waals surface area contributed by atoms with Crippen LogP contribution in [-0.4, -0.2) is 97.7 Å². The van der Waals surface area contributed by atoms with Gasteiger partial charge in [-0.2, -0.15) is 0 Å². The van der Waals surface area contributed by atoms with Crippen LogP contribution >= 0.6 is 0 Å². The zero-order valence-corrected chi connectivity index (χ0v) is 19.0. The minimum absolute atomic E-state index is 0.360. The van der Waals surface area contributed by atoms with E-state index < -0.39 is 78.5 Å². The third-order valence-electron chi connectivity index (χ3n) is 3.76. The molecule has 0 fully saturated rings. The molecule has 0 amide bonds. The van der Waals surface area contributed by atoms with Gasteiger partial charge in [-0.25, -0.2) is 24.0 Å². The highest BCUT2D eigenvalue weighted by atomic mass is 16.9. The van der Waals surface area contributed by atoms with Crippen molar-refractivity contribution in [2.24, 2.45) is 0 Å². The molecule has 0 aromatic rings. The first kappa shape index (κ1) is 32.8. The number of hydrogen-bond acceptors (Lipinski definition) is 16. The summed E-state index contributed by atoms with van der Waals surface area (Å²) in [6.45, 7) is 9.01. The van der Waals surface area contributed by atoms with E-state index in [9.17, 15) is 49.5 Å². The van der Waals surface area contributed by atoms with Crippen LogP contribution in [0.3, 0.4) is 0 Å². The summed E-state index contributed by atoms with van der Waals surface area (Å²) >= 11 is 0. The third kappa shape index (κ3) is 8.76. The van der Waals surface area contributed by atoms with Gasteiger partial charge in [-0.05, 0) is 0 Å². The van der Waals surface area contributed by atoms with Gasteiger partial charge >= 0.3 is 41.6 Å². The lowest BCUT2D eigenvalue weighted by Gasteiger charge is -2.37. The lowest BCUT2D eigenvalue weighted by molar-refractivity contribution is -0.446. The summed E-state index contributed by atoms with van der Waals surface area (Å²) in [5.41, 5.74) is 0. The summed E-state index contributed by atoms with van der Waals surface area (Å²) in [4.78, 5) is 59.8. The Morgan fingerprint density at radius 3 is 1.62 bits per heavy atom. The van der Waals surface area contributed by atoms with Gasteiger partial charge in [0.25, 0.3) is 5.76 Å². The van der Waals surface area contributed by atoms with Crippen molar-refractivity contribution in [1.29, 1.82) is 0 Å². The van der Waals surface area contributed by atoms with Gasteiger partial charge in [0, 0.05) is 24.3 Å². The second-order valence-corrected chi connectivity index (χ2v) is 6.30. The molecule has 4 unspecified atom stereocenters. The van der Waals surface area contributed by atoms with Crippen molar-refractivity contribution in [3.63, 3.8) is 0 Å². The van der Waals surface area contributed by atoms with Gasteiger partial charge in [0.2, 0.25) is 0 Å². The Labute approximate surface area is 208 Å². The number of ether oxygens (including phenoxy) is 5. The highest BCUT2D eigenvalue weighted by Crippen LogP contribution is 2.30. The Bertz CT molecular complexity index is 981. The fraction of sp³-hybridized carbons (Fsp3) is 0.286. The second-order valence-electron chi connectivity index (χ2n) is 6.30. The topological polar surface area (TPSA) is 253 Å². The molecule has 16 nitrogen and oxygen atoms in total. The summed E-state index contributed by atoms with van der Waals surface area (Å²) < 4.78 is 22.2. The van der Waals surface area contributed by atoms with Crippen LogP contribution in [0.25, 0.3) is 0 Å². The highest BCUT2D eigenvalue weighted by molar-refractivity contribution is 5.94. The van der Waals surface area contributed by atoms with Crippen molar-refractivity contribution in [3.05, 3.63) is 62.1 Å². The molecule has 0 aromatic heterocycles. The first-order valence-corrected chi connectivity index (χ1v) is 9.58. The van der Waals surface area contributed by atoms with Crippen LogP contribution in [0.4, 0.5) is 0 Å². The van der Waals surface area contributed by atoms with Crippen molar-refractivity contribution in [1.82, 2.24) is 0 Å². The van der Waals surface area contributed by atoms with E-state index in [1.54, 1.807) is 0 Å². The summed E-state index contributed by atoms with van der Waals surface area (Å²) in [6.07, 6.45) is -3.02. The minimum atomic E-state index is -4.16. The van der Waals surface area contributed by atoms with E-state index in [1.807, 2.05) is 0 Å². The first-order valence-electron chi connectivity index (χ1n) is 9.58. The van der Waals surface area contributed by atoms with Crippen molar-refractivity contribution >= 4 is 29.8 Å². The van der Waals surface area contributed by atoms with Gasteiger partial charge in [0.05, 0.1) is 6.61 Å². The average Bonchev–Trinajstić information content (AvgIpc) is 2.88. The normalized spacial score (nSPS) is 16.1. The molecule has 0 aliphatic carbocycles. The van der Waals surface area contributed by atoms with Crippen LogP contribution in [0.2, 0.25) is 0 Å². The van der Waals surface area contributed by atoms with Crippen LogP contribution in [0, 0.1) is 0 Å². The maximum atomic E-state index is 12.9. The molecule has 0 rings (SSSR count). The zero-order chi connectivity index (χ0) is 29.0. The fourth-order valence-electron chi connectivity index (χ4n) is 1.94. The van der Waals surface area contributed by atoms with Gasteiger partial charge in [0.1, 0.15) is 18.8 Å². The molecule has 0 aliphatic rings. The van der Waals surface area contributed by atoms with Crippen LogP contribution in [-0.2, 0) is 47.7 Å². The number of carbonyl (C=O) groups excluding carboxylic acids is 5. The van der Waals surface area contributed by atoms with E-state index in [0.29, 0.717) is 24.3 Å². The predicted molar refractivity (Wildman–Crippen MR) is 114 cm³/mol. The molecule has 6 N–H and O–H groups in total. The molecule has 16 heteroatoms. The van der Waals surface area contributed by atoms with Gasteiger partial charge in [0.15, 0.2) is 5.76 Å². The Morgan fingerprint density at radius 2 is 1.19 bits per heavy atom. The molecular weight excluding hydrogens is 508 g/mol. The Morgan fingerprint density at radius 1 is 0.730 bits per heavy atom. The zero-order valence-electron chi connectivity index (χ0n) is 19.0. The first-order chi connectivity index (χ1) is 17.2. The molecule has 4 atom stereocenters. The quantitative estimate of drug-likeness (QED) is 0.0397. The number of aliphatic hydroxyl groups excluding tert-OH is 4. The average molecular weight is 532 g/mol. The SMILES string of the molecule is C=CC(=O)O/C(C(=O)OC(O)(OC(=O)C=C)C(O)(CO)OC(=O)C=C)=C(/OC(=O)C=C)C(O)C(O)CO. The number of rotatable bonds is 15. The van der Waals surface area contributed by atoms with E-state index in [4.69, 9.17) is 5.11 Å². The summed E-state index contributed by atoms with van der Waals surface area (Å²) in [6, 6.07) is 0. The molecular formula is C21H24O16. The molecule has 37 heavy (non-hydrogen) atoms. The Balaban J connectivity index is 7.09. The molecule has 0 aliphatic heterocycles. The Hall–Kier alpha value is -4.19. The van der Waals surface area contributed by atoms with E-state index in [1.165, 1.54) is 0 Å². The van der Waals surface area contributed by atoms with Crippen LogP contribution in [0.15, 0.2) is 62.1 Å².